The molecule has 0 saturated carbocycles. The lowest BCUT2D eigenvalue weighted by Crippen LogP contribution is -2.37. The van der Waals surface area contributed by atoms with Crippen LogP contribution in [0.1, 0.15) is 30.5 Å². The minimum atomic E-state index is 0.681. The summed E-state index contributed by atoms with van der Waals surface area (Å²) in [5, 5.41) is 6.84. The molecule has 31 heavy (non-hydrogen) atoms. The Morgan fingerprint density at radius 2 is 1.74 bits per heavy atom. The van der Waals surface area contributed by atoms with Gasteiger partial charge in [0.2, 0.25) is 0 Å². The summed E-state index contributed by atoms with van der Waals surface area (Å²) in [6.07, 6.45) is 1.94. The van der Waals surface area contributed by atoms with Gasteiger partial charge in [-0.1, -0.05) is 30.3 Å². The van der Waals surface area contributed by atoms with Crippen molar-refractivity contribution in [3.8, 4) is 0 Å². The van der Waals surface area contributed by atoms with Crippen molar-refractivity contribution in [1.29, 1.82) is 0 Å². The van der Waals surface area contributed by atoms with Gasteiger partial charge < -0.3 is 20.3 Å². The molecule has 1 aliphatic heterocycles. The Hall–Kier alpha value is -2.64. The molecule has 168 valence electrons. The monoisotopic (exact) mass is 424 g/mol. The number of nitrogens with zero attached hydrogens (tertiary/aromatic N) is 4. The predicted molar refractivity (Wildman–Crippen MR) is 127 cm³/mol. The van der Waals surface area contributed by atoms with E-state index >= 15 is 0 Å². The number of hydrogen-bond acceptors (Lipinski definition) is 5. The van der Waals surface area contributed by atoms with Gasteiger partial charge in [0.25, 0.3) is 0 Å². The van der Waals surface area contributed by atoms with Gasteiger partial charge in [0.15, 0.2) is 5.96 Å². The molecule has 0 unspecified atom stereocenters. The molecule has 1 saturated heterocycles. The number of benzene rings is 1. The van der Waals surface area contributed by atoms with Gasteiger partial charge in [0.05, 0.1) is 13.2 Å². The normalized spacial score (nSPS) is 15.0. The van der Waals surface area contributed by atoms with E-state index in [9.17, 15) is 0 Å². The summed E-state index contributed by atoms with van der Waals surface area (Å²) in [4.78, 5) is 13.7. The second kappa shape index (κ2) is 12.3. The fraction of sp³-hybridized carbons (Fsp3) is 0.500. The van der Waals surface area contributed by atoms with Crippen LogP contribution >= 0.6 is 0 Å². The average molecular weight is 425 g/mol. The molecular formula is C24H36N6O. The van der Waals surface area contributed by atoms with Crippen molar-refractivity contribution >= 4 is 11.8 Å². The number of hydrogen-bond donors (Lipinski definition) is 2. The quantitative estimate of drug-likeness (QED) is 0.477. The smallest absolute Gasteiger partial charge is 0.191 e. The number of aromatic nitrogens is 1. The second-order valence-electron chi connectivity index (χ2n) is 7.63. The van der Waals surface area contributed by atoms with E-state index < -0.39 is 0 Å². The molecule has 7 heteroatoms. The lowest BCUT2D eigenvalue weighted by Gasteiger charge is -2.27. The van der Waals surface area contributed by atoms with Crippen LogP contribution in [-0.2, 0) is 24.4 Å². The molecule has 1 aromatic heterocycles. The summed E-state index contributed by atoms with van der Waals surface area (Å²) in [6, 6.07) is 12.8. The highest BCUT2D eigenvalue weighted by Gasteiger charge is 2.13. The van der Waals surface area contributed by atoms with Crippen molar-refractivity contribution in [2.75, 3.05) is 51.3 Å². The van der Waals surface area contributed by atoms with E-state index in [1.807, 2.05) is 6.20 Å². The van der Waals surface area contributed by atoms with Crippen LogP contribution < -0.4 is 15.5 Å². The predicted octanol–water partition coefficient (Wildman–Crippen LogP) is 2.63. The lowest BCUT2D eigenvalue weighted by atomic mass is 10.1. The van der Waals surface area contributed by atoms with Crippen molar-refractivity contribution < 1.29 is 4.74 Å². The van der Waals surface area contributed by atoms with Crippen LogP contribution in [0.25, 0.3) is 0 Å². The number of rotatable bonds is 9. The second-order valence-corrected chi connectivity index (χ2v) is 7.63. The standard InChI is InChI=1S/C24H36N6O/c1-4-30(5-2)23-11-10-20(16-26-23)17-27-24(25-3)28-18-21-8-6-7-9-22(21)19-29-12-14-31-15-13-29/h6-11,16H,4-5,12-15,17-19H2,1-3H3,(H2,25,27,28). The molecule has 2 N–H and O–H groups in total. The molecule has 2 aromatic rings. The Morgan fingerprint density at radius 1 is 1.03 bits per heavy atom. The molecule has 0 aliphatic carbocycles. The Labute approximate surface area is 186 Å². The maximum Gasteiger partial charge on any atom is 0.191 e. The summed E-state index contributed by atoms with van der Waals surface area (Å²) in [5.74, 6) is 1.81. The molecule has 1 aromatic carbocycles. The van der Waals surface area contributed by atoms with Crippen LogP contribution in [0.5, 0.6) is 0 Å². The van der Waals surface area contributed by atoms with Gasteiger partial charge in [-0.15, -0.1) is 0 Å². The van der Waals surface area contributed by atoms with Crippen LogP contribution in [0, 0.1) is 0 Å². The number of pyridine rings is 1. The number of nitrogens with one attached hydrogen (secondary N) is 2. The maximum atomic E-state index is 5.47. The Morgan fingerprint density at radius 3 is 2.39 bits per heavy atom. The first-order valence-electron chi connectivity index (χ1n) is 11.2. The van der Waals surface area contributed by atoms with Crippen molar-refractivity contribution in [1.82, 2.24) is 20.5 Å². The molecule has 0 bridgehead atoms. The van der Waals surface area contributed by atoms with E-state index in [2.05, 4.69) is 80.7 Å². The van der Waals surface area contributed by atoms with E-state index in [0.29, 0.717) is 6.54 Å². The number of aliphatic imine (C=N–C) groups is 1. The van der Waals surface area contributed by atoms with Gasteiger partial charge in [0, 0.05) is 59.1 Å². The fourth-order valence-electron chi connectivity index (χ4n) is 3.73. The minimum Gasteiger partial charge on any atom is -0.379 e. The minimum absolute atomic E-state index is 0.681. The first-order chi connectivity index (χ1) is 15.2. The third-order valence-electron chi connectivity index (χ3n) is 5.64. The maximum absolute atomic E-state index is 5.47. The Kier molecular flexibility index (Phi) is 9.12. The van der Waals surface area contributed by atoms with E-state index in [0.717, 1.165) is 69.8 Å². The van der Waals surface area contributed by atoms with Gasteiger partial charge in [-0.3, -0.25) is 9.89 Å². The van der Waals surface area contributed by atoms with E-state index in [1.165, 1.54) is 11.1 Å². The first kappa shape index (κ1) is 23.0. The van der Waals surface area contributed by atoms with Crippen molar-refractivity contribution in [3.05, 3.63) is 59.3 Å². The van der Waals surface area contributed by atoms with Crippen LogP contribution in [0.3, 0.4) is 0 Å². The number of anilines is 1. The SMILES string of the molecule is CCN(CC)c1ccc(CNC(=NC)NCc2ccccc2CN2CCOCC2)cn1. The molecule has 1 fully saturated rings. The molecule has 2 heterocycles. The molecule has 0 amide bonds. The van der Waals surface area contributed by atoms with Gasteiger partial charge >= 0.3 is 0 Å². The molecule has 1 aliphatic rings. The zero-order valence-corrected chi connectivity index (χ0v) is 19.1. The highest BCUT2D eigenvalue weighted by atomic mass is 16.5. The molecule has 3 rings (SSSR count). The zero-order valence-electron chi connectivity index (χ0n) is 19.1. The third-order valence-corrected chi connectivity index (χ3v) is 5.64. The average Bonchev–Trinajstić information content (AvgIpc) is 2.82. The summed E-state index contributed by atoms with van der Waals surface area (Å²) in [7, 11) is 1.80. The summed E-state index contributed by atoms with van der Waals surface area (Å²) >= 11 is 0. The summed E-state index contributed by atoms with van der Waals surface area (Å²) in [5.41, 5.74) is 3.78. The van der Waals surface area contributed by atoms with E-state index in [4.69, 9.17) is 4.74 Å². The first-order valence-corrected chi connectivity index (χ1v) is 11.2. The highest BCUT2D eigenvalue weighted by molar-refractivity contribution is 5.79. The number of morpholine rings is 1. The van der Waals surface area contributed by atoms with Crippen LogP contribution in [0.15, 0.2) is 47.6 Å². The highest BCUT2D eigenvalue weighted by Crippen LogP contribution is 2.13. The van der Waals surface area contributed by atoms with Gasteiger partial charge in [0.1, 0.15) is 5.82 Å². The Bertz CT molecular complexity index is 813. The van der Waals surface area contributed by atoms with Crippen LogP contribution in [0.4, 0.5) is 5.82 Å². The van der Waals surface area contributed by atoms with Crippen molar-refractivity contribution in [2.24, 2.45) is 4.99 Å². The van der Waals surface area contributed by atoms with E-state index in [1.54, 1.807) is 7.05 Å². The molecule has 0 spiro atoms. The Balaban J connectivity index is 1.52. The molecule has 7 nitrogen and oxygen atoms in total. The third kappa shape index (κ3) is 6.94. The van der Waals surface area contributed by atoms with Crippen molar-refractivity contribution in [3.63, 3.8) is 0 Å². The lowest BCUT2D eigenvalue weighted by molar-refractivity contribution is 0.0341. The number of ether oxygens (including phenoxy) is 1. The summed E-state index contributed by atoms with van der Waals surface area (Å²) in [6.45, 7) is 12.2. The van der Waals surface area contributed by atoms with Gasteiger partial charge in [-0.05, 0) is 36.6 Å². The topological polar surface area (TPSA) is 65.0 Å². The molecular weight excluding hydrogens is 388 g/mol. The zero-order chi connectivity index (χ0) is 21.9. The summed E-state index contributed by atoms with van der Waals surface area (Å²) < 4.78 is 5.47. The van der Waals surface area contributed by atoms with Crippen molar-refractivity contribution in [2.45, 2.75) is 33.5 Å². The largest absolute Gasteiger partial charge is 0.379 e. The van der Waals surface area contributed by atoms with E-state index in [-0.39, 0.29) is 0 Å². The van der Waals surface area contributed by atoms with Crippen LogP contribution in [-0.4, -0.2) is 62.3 Å². The number of guanidine groups is 1. The molecule has 0 radical (unpaired) electrons. The fourth-order valence-corrected chi connectivity index (χ4v) is 3.73. The van der Waals surface area contributed by atoms with Gasteiger partial charge in [-0.2, -0.15) is 0 Å². The van der Waals surface area contributed by atoms with Crippen LogP contribution in [0.2, 0.25) is 0 Å². The molecule has 0 atom stereocenters. The van der Waals surface area contributed by atoms with Gasteiger partial charge in [-0.25, -0.2) is 4.98 Å².